The molecule has 4 rings (SSSR count). The molecule has 0 fully saturated rings. The van der Waals surface area contributed by atoms with Crippen molar-refractivity contribution in [2.75, 3.05) is 5.73 Å². The molecule has 0 saturated heterocycles. The molecule has 7 heteroatoms. The summed E-state index contributed by atoms with van der Waals surface area (Å²) in [7, 11) is -1.64. The number of fused-ring (bicyclic) bond motifs is 3. The van der Waals surface area contributed by atoms with E-state index in [1.165, 1.54) is 11.8 Å². The maximum atomic E-state index is 9.30. The standard InChI is InChI=1S/C18H18BN3O3/c20-9-12-13(21)5-6-14-17(12)10-3-1-2-4-11(10)18(22-14)15-7-8-16(25-15)19(23)24/h5-9,20,23-24H,1-4,21H2. The van der Waals surface area contributed by atoms with E-state index in [0.29, 0.717) is 17.0 Å². The van der Waals surface area contributed by atoms with E-state index < -0.39 is 7.12 Å². The van der Waals surface area contributed by atoms with Crippen molar-refractivity contribution in [3.05, 3.63) is 41.0 Å². The number of nitrogen functional groups attached to an aromatic ring is 1. The van der Waals surface area contributed by atoms with Gasteiger partial charge in [-0.15, -0.1) is 0 Å². The zero-order chi connectivity index (χ0) is 17.6. The fourth-order valence-electron chi connectivity index (χ4n) is 3.64. The van der Waals surface area contributed by atoms with Crippen molar-refractivity contribution in [2.24, 2.45) is 0 Å². The maximum absolute atomic E-state index is 9.30. The van der Waals surface area contributed by atoms with Gasteiger partial charge in [-0.3, -0.25) is 0 Å². The lowest BCUT2D eigenvalue weighted by atomic mass is 9.86. The molecule has 6 nitrogen and oxygen atoms in total. The Morgan fingerprint density at radius 2 is 1.88 bits per heavy atom. The number of pyridine rings is 1. The number of rotatable bonds is 3. The molecular weight excluding hydrogens is 317 g/mol. The Kier molecular flexibility index (Phi) is 3.82. The highest BCUT2D eigenvalue weighted by Gasteiger charge is 2.24. The zero-order valence-corrected chi connectivity index (χ0v) is 13.6. The van der Waals surface area contributed by atoms with Crippen LogP contribution in [0.15, 0.2) is 28.7 Å². The molecule has 0 saturated carbocycles. The van der Waals surface area contributed by atoms with Crippen molar-refractivity contribution in [1.29, 1.82) is 5.41 Å². The van der Waals surface area contributed by atoms with Gasteiger partial charge in [0.15, 0.2) is 5.76 Å². The largest absolute Gasteiger partial charge is 0.526 e. The van der Waals surface area contributed by atoms with Gasteiger partial charge in [0.1, 0.15) is 11.4 Å². The van der Waals surface area contributed by atoms with Crippen LogP contribution in [0.2, 0.25) is 0 Å². The number of nitrogens with two attached hydrogens (primary N) is 1. The molecule has 0 bridgehead atoms. The topological polar surface area (TPSA) is 116 Å². The Hall–Kier alpha value is -2.64. The lowest BCUT2D eigenvalue weighted by molar-refractivity contribution is 0.410. The van der Waals surface area contributed by atoms with Gasteiger partial charge < -0.3 is 25.6 Å². The molecule has 0 aliphatic heterocycles. The third kappa shape index (κ3) is 2.52. The number of hydrogen-bond acceptors (Lipinski definition) is 6. The van der Waals surface area contributed by atoms with E-state index in [4.69, 9.17) is 20.5 Å². The van der Waals surface area contributed by atoms with Gasteiger partial charge in [0.05, 0.1) is 5.52 Å². The highest BCUT2D eigenvalue weighted by Crippen LogP contribution is 2.37. The second kappa shape index (κ2) is 6.02. The molecule has 5 N–H and O–H groups in total. The lowest BCUT2D eigenvalue weighted by Crippen LogP contribution is -2.27. The van der Waals surface area contributed by atoms with Gasteiger partial charge in [0.25, 0.3) is 0 Å². The molecular formula is C18H18BN3O3. The van der Waals surface area contributed by atoms with E-state index in [1.807, 2.05) is 6.07 Å². The van der Waals surface area contributed by atoms with Crippen LogP contribution in [0.25, 0.3) is 22.4 Å². The summed E-state index contributed by atoms with van der Waals surface area (Å²) < 4.78 is 5.59. The van der Waals surface area contributed by atoms with Gasteiger partial charge in [-0.25, -0.2) is 4.98 Å². The molecule has 2 heterocycles. The summed E-state index contributed by atoms with van der Waals surface area (Å²) in [4.78, 5) is 4.77. The van der Waals surface area contributed by atoms with Gasteiger partial charge in [-0.2, -0.15) is 0 Å². The molecule has 0 unspecified atom stereocenters. The first-order valence-corrected chi connectivity index (χ1v) is 8.31. The highest BCUT2D eigenvalue weighted by molar-refractivity contribution is 6.57. The van der Waals surface area contributed by atoms with Crippen LogP contribution < -0.4 is 11.4 Å². The first-order valence-electron chi connectivity index (χ1n) is 8.31. The fraction of sp³-hybridized carbons (Fsp3) is 0.222. The van der Waals surface area contributed by atoms with Crippen LogP contribution >= 0.6 is 0 Å². The minimum atomic E-state index is -1.64. The Morgan fingerprint density at radius 1 is 1.12 bits per heavy atom. The number of nitrogens with zero attached hydrogens (tertiary/aromatic N) is 1. The van der Waals surface area contributed by atoms with Crippen LogP contribution in [0.4, 0.5) is 5.69 Å². The number of aryl methyl sites for hydroxylation is 1. The third-order valence-corrected chi connectivity index (χ3v) is 4.80. The molecule has 0 atom stereocenters. The summed E-state index contributed by atoms with van der Waals surface area (Å²) in [5.74, 6) is 0.524. The SMILES string of the molecule is N=Cc1c(N)ccc2nc(-c3ccc(B(O)O)o3)c3c(c12)CCCC3. The Morgan fingerprint density at radius 3 is 2.56 bits per heavy atom. The summed E-state index contributed by atoms with van der Waals surface area (Å²) in [6.45, 7) is 0. The van der Waals surface area contributed by atoms with E-state index in [1.54, 1.807) is 18.2 Å². The first kappa shape index (κ1) is 15.9. The van der Waals surface area contributed by atoms with Gasteiger partial charge >= 0.3 is 7.12 Å². The van der Waals surface area contributed by atoms with Crippen molar-refractivity contribution >= 4 is 35.6 Å². The Balaban J connectivity index is 2.03. The van der Waals surface area contributed by atoms with Crippen molar-refractivity contribution in [1.82, 2.24) is 4.98 Å². The van der Waals surface area contributed by atoms with E-state index in [0.717, 1.165) is 47.8 Å². The van der Waals surface area contributed by atoms with Gasteiger partial charge in [-0.05, 0) is 61.1 Å². The molecule has 1 aliphatic rings. The van der Waals surface area contributed by atoms with Crippen LogP contribution in [0.1, 0.15) is 29.5 Å². The van der Waals surface area contributed by atoms with Crippen molar-refractivity contribution < 1.29 is 14.5 Å². The number of hydrogen-bond donors (Lipinski definition) is 4. The number of benzene rings is 1. The summed E-state index contributed by atoms with van der Waals surface area (Å²) in [5, 5.41) is 27.3. The summed E-state index contributed by atoms with van der Waals surface area (Å²) in [6.07, 6.45) is 5.21. The summed E-state index contributed by atoms with van der Waals surface area (Å²) in [5.41, 5.74) is 11.2. The van der Waals surface area contributed by atoms with Crippen molar-refractivity contribution in [3.8, 4) is 11.5 Å². The molecule has 25 heavy (non-hydrogen) atoms. The molecule has 3 aromatic rings. The van der Waals surface area contributed by atoms with Crippen molar-refractivity contribution in [2.45, 2.75) is 25.7 Å². The lowest BCUT2D eigenvalue weighted by Gasteiger charge is -2.22. The minimum absolute atomic E-state index is 0.0962. The van der Waals surface area contributed by atoms with Gasteiger partial charge in [-0.1, -0.05) is 0 Å². The molecule has 1 aliphatic carbocycles. The van der Waals surface area contributed by atoms with Crippen LogP contribution in [0.5, 0.6) is 0 Å². The third-order valence-electron chi connectivity index (χ3n) is 4.80. The molecule has 126 valence electrons. The van der Waals surface area contributed by atoms with E-state index in [-0.39, 0.29) is 5.66 Å². The predicted molar refractivity (Wildman–Crippen MR) is 98.2 cm³/mol. The number of nitrogens with one attached hydrogen (secondary N) is 1. The maximum Gasteiger partial charge on any atom is 0.526 e. The smallest absolute Gasteiger partial charge is 0.463 e. The van der Waals surface area contributed by atoms with Crippen molar-refractivity contribution in [3.63, 3.8) is 0 Å². The summed E-state index contributed by atoms with van der Waals surface area (Å²) >= 11 is 0. The number of furan rings is 1. The summed E-state index contributed by atoms with van der Waals surface area (Å²) in [6, 6.07) is 6.89. The average Bonchev–Trinajstić information content (AvgIpc) is 3.11. The normalized spacial score (nSPS) is 13.7. The first-order chi connectivity index (χ1) is 12.1. The number of aromatic nitrogens is 1. The molecule has 0 amide bonds. The number of anilines is 1. The predicted octanol–water partition coefficient (Wildman–Crippen LogP) is 1.63. The minimum Gasteiger partial charge on any atom is -0.463 e. The van der Waals surface area contributed by atoms with Crippen LogP contribution in [-0.2, 0) is 12.8 Å². The van der Waals surface area contributed by atoms with Crippen LogP contribution in [0.3, 0.4) is 0 Å². The zero-order valence-electron chi connectivity index (χ0n) is 13.6. The molecule has 0 spiro atoms. The molecule has 1 aromatic carbocycles. The highest BCUT2D eigenvalue weighted by atomic mass is 16.4. The average molecular weight is 335 g/mol. The fourth-order valence-corrected chi connectivity index (χ4v) is 3.64. The monoisotopic (exact) mass is 335 g/mol. The second-order valence-corrected chi connectivity index (χ2v) is 6.31. The van der Waals surface area contributed by atoms with Gasteiger partial charge in [0.2, 0.25) is 0 Å². The Bertz CT molecular complexity index is 981. The van der Waals surface area contributed by atoms with Crippen LogP contribution in [-0.4, -0.2) is 28.4 Å². The molecule has 2 aromatic heterocycles. The molecule has 0 radical (unpaired) electrons. The van der Waals surface area contributed by atoms with E-state index >= 15 is 0 Å². The quantitative estimate of drug-likeness (QED) is 0.330. The van der Waals surface area contributed by atoms with E-state index in [9.17, 15) is 10.0 Å². The Labute approximate surface area is 145 Å². The van der Waals surface area contributed by atoms with E-state index in [2.05, 4.69) is 0 Å². The van der Waals surface area contributed by atoms with Gasteiger partial charge in [0, 0.05) is 22.9 Å². The van der Waals surface area contributed by atoms with Crippen LogP contribution in [0, 0.1) is 5.41 Å². The second-order valence-electron chi connectivity index (χ2n) is 6.31.